The molecular weight excluding hydrogens is 256 g/mol. The maximum absolute atomic E-state index is 12.4. The van der Waals surface area contributed by atoms with E-state index in [4.69, 9.17) is 9.47 Å². The van der Waals surface area contributed by atoms with Gasteiger partial charge in [-0.2, -0.15) is 0 Å². The summed E-state index contributed by atoms with van der Waals surface area (Å²) in [6.07, 6.45) is 2.99. The molecule has 0 spiro atoms. The van der Waals surface area contributed by atoms with E-state index in [0.29, 0.717) is 11.1 Å². The van der Waals surface area contributed by atoms with Gasteiger partial charge in [0.05, 0.1) is 0 Å². The van der Waals surface area contributed by atoms with E-state index in [9.17, 15) is 9.59 Å². The van der Waals surface area contributed by atoms with Crippen LogP contribution in [0.15, 0.2) is 61.1 Å². The summed E-state index contributed by atoms with van der Waals surface area (Å²) in [6.45, 7) is 7.28. The lowest BCUT2D eigenvalue weighted by atomic mass is 9.92. The molecule has 0 bridgehead atoms. The number of allylic oxidation sites excluding steroid dienone is 2. The Labute approximate surface area is 117 Å². The molecule has 0 aromatic heterocycles. The smallest absolute Gasteiger partial charge is 0.232 e. The van der Waals surface area contributed by atoms with Crippen molar-refractivity contribution < 1.29 is 19.1 Å². The number of Topliss-reactive ketones (excluding diaryl/α,β-unsaturated/α-hetero) is 2. The molecule has 0 N–H and O–H groups in total. The van der Waals surface area contributed by atoms with Gasteiger partial charge in [-0.25, -0.2) is 0 Å². The zero-order chi connectivity index (χ0) is 14.5. The third-order valence-electron chi connectivity index (χ3n) is 2.73. The standard InChI is InChI=1S/C16H14O4/c1-3-9-19-15-13(17)11-7-5-6-8-12(11)14(18)16(15)20-10-4-2/h3-8H,1-2,9-10H2. The fourth-order valence-electron chi connectivity index (χ4n) is 1.88. The Morgan fingerprint density at radius 3 is 1.60 bits per heavy atom. The first-order valence-electron chi connectivity index (χ1n) is 6.10. The molecule has 0 amide bonds. The Kier molecular flexibility index (Phi) is 4.15. The minimum atomic E-state index is -0.360. The highest BCUT2D eigenvalue weighted by Gasteiger charge is 2.34. The molecule has 0 atom stereocenters. The fraction of sp³-hybridized carbons (Fsp3) is 0.125. The molecule has 1 aromatic carbocycles. The van der Waals surface area contributed by atoms with Crippen LogP contribution in [-0.4, -0.2) is 24.8 Å². The zero-order valence-electron chi connectivity index (χ0n) is 10.9. The number of ether oxygens (including phenoxy) is 2. The maximum Gasteiger partial charge on any atom is 0.232 e. The van der Waals surface area contributed by atoms with Crippen LogP contribution < -0.4 is 0 Å². The Morgan fingerprint density at radius 1 is 0.850 bits per heavy atom. The number of hydrogen-bond acceptors (Lipinski definition) is 4. The van der Waals surface area contributed by atoms with Crippen LogP contribution in [0, 0.1) is 0 Å². The molecule has 102 valence electrons. The second-order valence-corrected chi connectivity index (χ2v) is 4.06. The van der Waals surface area contributed by atoms with Gasteiger partial charge in [-0.1, -0.05) is 49.6 Å². The number of benzene rings is 1. The van der Waals surface area contributed by atoms with Crippen molar-refractivity contribution in [3.63, 3.8) is 0 Å². The van der Waals surface area contributed by atoms with Gasteiger partial charge in [-0.05, 0) is 0 Å². The van der Waals surface area contributed by atoms with E-state index in [1.54, 1.807) is 24.3 Å². The monoisotopic (exact) mass is 270 g/mol. The summed E-state index contributed by atoms with van der Waals surface area (Å²) in [7, 11) is 0. The molecule has 1 aliphatic carbocycles. The average Bonchev–Trinajstić information content (AvgIpc) is 2.48. The topological polar surface area (TPSA) is 52.6 Å². The minimum absolute atomic E-state index is 0.0737. The molecule has 0 saturated heterocycles. The number of ketones is 2. The lowest BCUT2D eigenvalue weighted by Crippen LogP contribution is -2.25. The fourth-order valence-corrected chi connectivity index (χ4v) is 1.88. The second kappa shape index (κ2) is 6.02. The van der Waals surface area contributed by atoms with Crippen LogP contribution in [0.1, 0.15) is 20.7 Å². The molecule has 0 saturated carbocycles. The van der Waals surface area contributed by atoms with Crippen molar-refractivity contribution in [2.24, 2.45) is 0 Å². The van der Waals surface area contributed by atoms with Crippen LogP contribution in [0.3, 0.4) is 0 Å². The Balaban J connectivity index is 2.48. The number of carbonyl (C=O) groups excluding carboxylic acids is 2. The number of carbonyl (C=O) groups is 2. The minimum Gasteiger partial charge on any atom is -0.482 e. The molecule has 0 aliphatic heterocycles. The molecule has 0 heterocycles. The van der Waals surface area contributed by atoms with Gasteiger partial charge < -0.3 is 9.47 Å². The van der Waals surface area contributed by atoms with Crippen LogP contribution in [0.25, 0.3) is 0 Å². The molecule has 0 radical (unpaired) electrons. The van der Waals surface area contributed by atoms with E-state index >= 15 is 0 Å². The zero-order valence-corrected chi connectivity index (χ0v) is 10.9. The lowest BCUT2D eigenvalue weighted by molar-refractivity contribution is 0.0792. The Bertz CT molecular complexity index is 558. The van der Waals surface area contributed by atoms with Crippen molar-refractivity contribution in [2.45, 2.75) is 0 Å². The summed E-state index contributed by atoms with van der Waals surface area (Å²) in [5.74, 6) is -0.867. The van der Waals surface area contributed by atoms with Gasteiger partial charge in [0, 0.05) is 11.1 Å². The first-order chi connectivity index (χ1) is 9.70. The SMILES string of the molecule is C=CCOC1=C(OCC=C)C(=O)c2ccccc2C1=O. The van der Waals surface area contributed by atoms with E-state index in [1.807, 2.05) is 0 Å². The van der Waals surface area contributed by atoms with Gasteiger partial charge in [0.2, 0.25) is 23.1 Å². The molecule has 0 unspecified atom stereocenters. The van der Waals surface area contributed by atoms with Gasteiger partial charge in [-0.15, -0.1) is 0 Å². The predicted molar refractivity (Wildman–Crippen MR) is 74.4 cm³/mol. The van der Waals surface area contributed by atoms with Crippen molar-refractivity contribution in [2.75, 3.05) is 13.2 Å². The first kappa shape index (κ1) is 13.8. The Hall–Kier alpha value is -2.62. The van der Waals surface area contributed by atoms with Crippen LogP contribution in [0.2, 0.25) is 0 Å². The largest absolute Gasteiger partial charge is 0.482 e. The van der Waals surface area contributed by atoms with Crippen molar-refractivity contribution >= 4 is 11.6 Å². The average molecular weight is 270 g/mol. The lowest BCUT2D eigenvalue weighted by Gasteiger charge is -2.20. The second-order valence-electron chi connectivity index (χ2n) is 4.06. The summed E-state index contributed by atoms with van der Waals surface area (Å²) in [5.41, 5.74) is 0.644. The summed E-state index contributed by atoms with van der Waals surface area (Å²) in [6, 6.07) is 6.59. The van der Waals surface area contributed by atoms with Gasteiger partial charge in [0.1, 0.15) is 13.2 Å². The highest BCUT2D eigenvalue weighted by atomic mass is 16.5. The molecule has 1 aromatic rings. The van der Waals surface area contributed by atoms with E-state index in [-0.39, 0.29) is 36.3 Å². The molecule has 0 fully saturated rings. The quantitative estimate of drug-likeness (QED) is 0.746. The van der Waals surface area contributed by atoms with Gasteiger partial charge in [-0.3, -0.25) is 9.59 Å². The van der Waals surface area contributed by atoms with E-state index in [2.05, 4.69) is 13.2 Å². The summed E-state index contributed by atoms with van der Waals surface area (Å²) in [4.78, 5) is 24.7. The van der Waals surface area contributed by atoms with Gasteiger partial charge in [0.15, 0.2) is 0 Å². The first-order valence-corrected chi connectivity index (χ1v) is 6.10. The Morgan fingerprint density at radius 2 is 1.25 bits per heavy atom. The number of rotatable bonds is 6. The third-order valence-corrected chi connectivity index (χ3v) is 2.73. The highest BCUT2D eigenvalue weighted by Crippen LogP contribution is 2.27. The molecule has 1 aliphatic rings. The van der Waals surface area contributed by atoms with Gasteiger partial charge >= 0.3 is 0 Å². The summed E-state index contributed by atoms with van der Waals surface area (Å²) < 4.78 is 10.6. The van der Waals surface area contributed by atoms with E-state index < -0.39 is 0 Å². The maximum atomic E-state index is 12.4. The summed E-state index contributed by atoms with van der Waals surface area (Å²) in [5, 5.41) is 0. The van der Waals surface area contributed by atoms with Crippen molar-refractivity contribution in [1.82, 2.24) is 0 Å². The van der Waals surface area contributed by atoms with Crippen molar-refractivity contribution in [3.8, 4) is 0 Å². The van der Waals surface area contributed by atoms with Crippen LogP contribution in [-0.2, 0) is 9.47 Å². The number of hydrogen-bond donors (Lipinski definition) is 0. The molecule has 4 nitrogen and oxygen atoms in total. The molecule has 20 heavy (non-hydrogen) atoms. The summed E-state index contributed by atoms with van der Waals surface area (Å²) >= 11 is 0. The van der Waals surface area contributed by atoms with Crippen LogP contribution in [0.5, 0.6) is 0 Å². The number of fused-ring (bicyclic) bond motifs is 1. The highest BCUT2D eigenvalue weighted by molar-refractivity contribution is 6.25. The van der Waals surface area contributed by atoms with E-state index in [0.717, 1.165) is 0 Å². The van der Waals surface area contributed by atoms with Gasteiger partial charge in [0.25, 0.3) is 0 Å². The molecular formula is C16H14O4. The normalized spacial score (nSPS) is 13.8. The molecule has 2 rings (SSSR count). The molecule has 4 heteroatoms. The van der Waals surface area contributed by atoms with Crippen LogP contribution >= 0.6 is 0 Å². The van der Waals surface area contributed by atoms with E-state index in [1.165, 1.54) is 12.2 Å². The van der Waals surface area contributed by atoms with Crippen molar-refractivity contribution in [3.05, 3.63) is 72.2 Å². The van der Waals surface area contributed by atoms with Crippen molar-refractivity contribution in [1.29, 1.82) is 0 Å². The third kappa shape index (κ3) is 2.40. The predicted octanol–water partition coefficient (Wildman–Crippen LogP) is 2.68. The van der Waals surface area contributed by atoms with Crippen LogP contribution in [0.4, 0.5) is 0 Å².